The third-order valence-electron chi connectivity index (χ3n) is 0. The first kappa shape index (κ1) is 24.1. The van der Waals surface area contributed by atoms with Gasteiger partial charge in [0.2, 0.25) is 0 Å². The Morgan fingerprint density at radius 2 is 0.625 bits per heavy atom. The second-order valence-electron chi connectivity index (χ2n) is 0.271. The zero-order valence-corrected chi connectivity index (χ0v) is 19.5. The topological polar surface area (TPSA) is 0 Å². The third-order valence-corrected chi connectivity index (χ3v) is 0. The molecule has 0 aromatic rings. The summed E-state index contributed by atoms with van der Waals surface area (Å²) in [4.78, 5) is 0. The Balaban J connectivity index is -0.0000000267. The van der Waals surface area contributed by atoms with Crippen molar-refractivity contribution in [2.24, 2.45) is 0 Å². The fourth-order valence-electron chi connectivity index (χ4n) is 0. The van der Waals surface area contributed by atoms with Crippen LogP contribution in [-0.4, -0.2) is 0 Å². The van der Waals surface area contributed by atoms with Gasteiger partial charge in [-0.1, -0.05) is 0 Å². The van der Waals surface area contributed by atoms with Crippen LogP contribution in [0.25, 0.3) is 0 Å². The molecule has 0 aliphatic carbocycles. The summed E-state index contributed by atoms with van der Waals surface area (Å²) < 4.78 is 0. The van der Waals surface area contributed by atoms with Crippen LogP contribution in [0.4, 0.5) is 0 Å². The number of rotatable bonds is 0. The molecule has 0 heterocycles. The average Bonchev–Trinajstić information content (AvgIpc) is 0.722. The zero-order valence-electron chi connectivity index (χ0n) is 4.83. The quantitative estimate of drug-likeness (QED) is 0.320. The van der Waals surface area contributed by atoms with Gasteiger partial charge < -0.3 is 0 Å². The molecule has 0 spiro atoms. The molecule has 0 aromatic carbocycles. The fraction of sp³-hybridized carbons (Fsp3) is 0. The van der Waals surface area contributed by atoms with Gasteiger partial charge in [-0.2, -0.15) is 0 Å². The van der Waals surface area contributed by atoms with Gasteiger partial charge in [0, 0.05) is 0 Å². The summed E-state index contributed by atoms with van der Waals surface area (Å²) in [5, 5.41) is 0. The third kappa shape index (κ3) is 38.6. The van der Waals surface area contributed by atoms with Gasteiger partial charge in [0.05, 0.1) is 0 Å². The van der Waals surface area contributed by atoms with Crippen molar-refractivity contribution in [3.8, 4) is 0 Å². The van der Waals surface area contributed by atoms with Gasteiger partial charge in [-0.3, -0.25) is 0 Å². The first-order valence-corrected chi connectivity index (χ1v) is 11.7. The molecule has 0 saturated carbocycles. The summed E-state index contributed by atoms with van der Waals surface area (Å²) in [5.74, 6) is 0. The monoisotopic (exact) mass is 452 g/mol. The molecule has 0 radical (unpaired) electrons. The molecule has 41 valence electrons. The van der Waals surface area contributed by atoms with Crippen LogP contribution in [0.1, 0.15) is 0 Å². The molecule has 0 bridgehead atoms. The van der Waals surface area contributed by atoms with Crippen LogP contribution >= 0.6 is 37.7 Å². The van der Waals surface area contributed by atoms with Crippen LogP contribution in [0.3, 0.4) is 0 Å². The minimum Gasteiger partial charge on any atom is 1.00 e. The Morgan fingerprint density at radius 3 is 0.625 bits per heavy atom. The van der Waals surface area contributed by atoms with E-state index in [0.29, 0.717) is 0 Å². The van der Waals surface area contributed by atoms with Crippen LogP contribution in [0.5, 0.6) is 0 Å². The van der Waals surface area contributed by atoms with Crippen LogP contribution in [0, 0.1) is 0 Å². The zero-order chi connectivity index (χ0) is 4.50. The summed E-state index contributed by atoms with van der Waals surface area (Å²) in [6.45, 7) is 0. The molecule has 0 fully saturated rings. The van der Waals surface area contributed by atoms with E-state index in [0.717, 1.165) is 0 Å². The Bertz CT molecular complexity index is 26.8. The molecule has 0 atom stereocenters. The normalized spacial score (nSPS) is 9.50. The molecular weight excluding hydrogens is 454 g/mol. The first-order chi connectivity index (χ1) is 2.00. The minimum atomic E-state index is -3.06. The van der Waals surface area contributed by atoms with E-state index in [2.05, 4.69) is 0 Å². The summed E-state index contributed by atoms with van der Waals surface area (Å²) >= 11 is -3.06. The van der Waals surface area contributed by atoms with Gasteiger partial charge >= 0.3 is 204 Å². The maximum Gasteiger partial charge on any atom is 1.00 e. The summed E-state index contributed by atoms with van der Waals surface area (Å²) in [6, 6.07) is 0. The summed E-state index contributed by atoms with van der Waals surface area (Å²) in [6.07, 6.45) is 0. The maximum absolute atomic E-state index is 5.01. The van der Waals surface area contributed by atoms with E-state index in [-0.39, 0.29) is 154 Å². The molecule has 0 saturated heterocycles. The Hall–Kier alpha value is 6.76. The van der Waals surface area contributed by atoms with Gasteiger partial charge in [0.25, 0.3) is 0 Å². The van der Waals surface area contributed by atoms with Gasteiger partial charge in [0.15, 0.2) is 0 Å². The molecule has 0 N–H and O–H groups in total. The largest absolute Gasteiger partial charge is 1.00 e. The van der Waals surface area contributed by atoms with Crippen molar-refractivity contribution in [3.63, 3.8) is 0 Å². The van der Waals surface area contributed by atoms with Gasteiger partial charge in [-0.05, 0) is 0 Å². The van der Waals surface area contributed by atoms with Crippen molar-refractivity contribution in [3.05, 3.63) is 0 Å². The van der Waals surface area contributed by atoms with Crippen LogP contribution in [-0.2, 0) is 11.9 Å². The summed E-state index contributed by atoms with van der Waals surface area (Å²) in [7, 11) is 20.0. The number of hydrogen-bond acceptors (Lipinski definition) is 0. The molecule has 8 heteroatoms. The van der Waals surface area contributed by atoms with E-state index in [4.69, 9.17) is 37.7 Å². The Morgan fingerprint density at radius 1 is 0.625 bits per heavy atom. The van der Waals surface area contributed by atoms with E-state index in [1.54, 1.807) is 0 Å². The number of hydrogen-bond donors (Lipinski definition) is 0. The van der Waals surface area contributed by atoms with Gasteiger partial charge in [-0.25, -0.2) is 0 Å². The smallest absolute Gasteiger partial charge is 1.00 e. The van der Waals surface area contributed by atoms with E-state index in [1.807, 2.05) is 0 Å². The molecule has 0 rings (SSSR count). The van der Waals surface area contributed by atoms with Crippen LogP contribution < -0.4 is 154 Å². The van der Waals surface area contributed by atoms with E-state index >= 15 is 0 Å². The second-order valence-corrected chi connectivity index (χ2v) is 20.0. The summed E-state index contributed by atoms with van der Waals surface area (Å²) in [5.41, 5.74) is 0. The van der Waals surface area contributed by atoms with Crippen molar-refractivity contribution in [1.29, 1.82) is 0 Å². The predicted molar refractivity (Wildman–Crippen MR) is 23.4 cm³/mol. The van der Waals surface area contributed by atoms with E-state index < -0.39 is 11.9 Å². The second kappa shape index (κ2) is 13.8. The molecule has 0 aromatic heterocycles. The predicted octanol–water partition coefficient (Wildman–Crippen LogP) is -6.23. The van der Waals surface area contributed by atoms with Crippen LogP contribution in [0.15, 0.2) is 0 Å². The average molecular weight is 454 g/mol. The van der Waals surface area contributed by atoms with Crippen molar-refractivity contribution in [1.82, 2.24) is 0 Å². The van der Waals surface area contributed by atoms with Crippen molar-refractivity contribution < 1.29 is 166 Å². The van der Waals surface area contributed by atoms with E-state index in [1.165, 1.54) is 0 Å². The van der Waals surface area contributed by atoms with Crippen LogP contribution in [0.2, 0.25) is 0 Å². The minimum absolute atomic E-state index is 0. The molecule has 0 amide bonds. The Labute approximate surface area is 196 Å². The van der Waals surface area contributed by atoms with Gasteiger partial charge in [0.1, 0.15) is 0 Å². The number of halogens is 4. The van der Waals surface area contributed by atoms with Gasteiger partial charge in [-0.15, -0.1) is 0 Å². The molecule has 0 nitrogen and oxygen atoms in total. The molecule has 0 unspecified atom stereocenters. The maximum atomic E-state index is 5.01. The molecule has 0 aliphatic heterocycles. The van der Waals surface area contributed by atoms with Crippen molar-refractivity contribution in [2.45, 2.75) is 0 Å². The Kier molecular flexibility index (Phi) is 41.5. The van der Waals surface area contributed by atoms with E-state index in [9.17, 15) is 0 Å². The van der Waals surface area contributed by atoms with Crippen molar-refractivity contribution in [2.75, 3.05) is 0 Å². The molecule has 8 heavy (non-hydrogen) atoms. The first-order valence-electron chi connectivity index (χ1n) is 0.478. The molecular formula is Cl4K3Pt. The standard InChI is InChI=1S/4ClH.3K.Pt/h4*1H;;;;/q;;;;4*+1/p-4. The molecule has 0 aliphatic rings. The fourth-order valence-corrected chi connectivity index (χ4v) is 0. The SMILES string of the molecule is [Cl][Pt-3]([Cl])([Cl])[Cl].[K+].[K+].[K+]. The van der Waals surface area contributed by atoms with Crippen molar-refractivity contribution >= 4 is 37.7 Å².